The van der Waals surface area contributed by atoms with Crippen molar-refractivity contribution in [3.63, 3.8) is 0 Å². The maximum absolute atomic E-state index is 10.6. The highest BCUT2D eigenvalue weighted by atomic mass is 127. The number of aliphatic imine (C=N–C) groups is 1. The van der Waals surface area contributed by atoms with Gasteiger partial charge in [-0.2, -0.15) is 0 Å². The molecule has 0 amide bonds. The second-order valence-corrected chi connectivity index (χ2v) is 7.63. The SMILES string of the molecule is CN=C(NCC(C)(O)c1ccco1)NC1C2CCOC2C12CCC2.I. The number of nitrogens with one attached hydrogen (secondary N) is 2. The lowest BCUT2D eigenvalue weighted by Gasteiger charge is -2.63. The number of rotatable bonds is 4. The van der Waals surface area contributed by atoms with E-state index in [1.165, 1.54) is 19.3 Å². The van der Waals surface area contributed by atoms with E-state index in [0.29, 0.717) is 35.8 Å². The Labute approximate surface area is 165 Å². The highest BCUT2D eigenvalue weighted by Crippen LogP contribution is 2.62. The molecule has 4 unspecified atom stereocenters. The molecule has 0 aromatic carbocycles. The van der Waals surface area contributed by atoms with Crippen LogP contribution in [0.3, 0.4) is 0 Å². The van der Waals surface area contributed by atoms with Crippen molar-refractivity contribution in [1.29, 1.82) is 0 Å². The van der Waals surface area contributed by atoms with Crippen LogP contribution in [0.2, 0.25) is 0 Å². The summed E-state index contributed by atoms with van der Waals surface area (Å²) >= 11 is 0. The van der Waals surface area contributed by atoms with Gasteiger partial charge in [-0.15, -0.1) is 24.0 Å². The van der Waals surface area contributed by atoms with Crippen molar-refractivity contribution in [2.45, 2.75) is 50.4 Å². The molecule has 4 atom stereocenters. The maximum Gasteiger partial charge on any atom is 0.191 e. The number of ether oxygens (including phenoxy) is 1. The molecule has 2 heterocycles. The van der Waals surface area contributed by atoms with Gasteiger partial charge in [0.1, 0.15) is 11.4 Å². The minimum atomic E-state index is -1.08. The number of halogens is 1. The van der Waals surface area contributed by atoms with Gasteiger partial charge in [-0.3, -0.25) is 4.99 Å². The largest absolute Gasteiger partial charge is 0.466 e. The first-order valence-electron chi connectivity index (χ1n) is 8.92. The molecule has 1 saturated heterocycles. The average Bonchev–Trinajstić information content (AvgIpc) is 3.16. The van der Waals surface area contributed by atoms with Crippen LogP contribution >= 0.6 is 24.0 Å². The van der Waals surface area contributed by atoms with Gasteiger partial charge in [-0.1, -0.05) is 6.42 Å². The molecule has 2 aliphatic carbocycles. The van der Waals surface area contributed by atoms with Crippen LogP contribution < -0.4 is 10.6 Å². The standard InChI is InChI=1S/C18H27N3O3.HI/c1-17(22,13-5-3-9-23-13)11-20-16(19-2)21-14-12-6-10-24-15(12)18(14)7-4-8-18;/h3,5,9,12,14-15,22H,4,6-8,10-11H2,1-2H3,(H2,19,20,21);1H. The van der Waals surface area contributed by atoms with Crippen LogP contribution in [0.25, 0.3) is 0 Å². The Morgan fingerprint density at radius 1 is 1.48 bits per heavy atom. The van der Waals surface area contributed by atoms with Gasteiger partial charge in [0, 0.05) is 31.0 Å². The van der Waals surface area contributed by atoms with E-state index in [0.717, 1.165) is 19.0 Å². The summed E-state index contributed by atoms with van der Waals surface area (Å²) in [7, 11) is 1.77. The zero-order valence-electron chi connectivity index (χ0n) is 14.8. The molecular weight excluding hydrogens is 433 g/mol. The predicted octanol–water partition coefficient (Wildman–Crippen LogP) is 2.23. The van der Waals surface area contributed by atoms with Gasteiger partial charge in [-0.25, -0.2) is 0 Å². The van der Waals surface area contributed by atoms with Gasteiger partial charge in [0.2, 0.25) is 0 Å². The van der Waals surface area contributed by atoms with Crippen molar-refractivity contribution >= 4 is 29.9 Å². The lowest BCUT2D eigenvalue weighted by atomic mass is 9.46. The Morgan fingerprint density at radius 3 is 2.88 bits per heavy atom. The zero-order valence-corrected chi connectivity index (χ0v) is 17.2. The molecule has 140 valence electrons. The molecule has 0 radical (unpaired) electrons. The second kappa shape index (κ2) is 7.08. The molecular formula is C18H28IN3O3. The predicted molar refractivity (Wildman–Crippen MR) is 106 cm³/mol. The van der Waals surface area contributed by atoms with Crippen LogP contribution in [0.15, 0.2) is 27.8 Å². The lowest BCUT2D eigenvalue weighted by molar-refractivity contribution is -0.171. The van der Waals surface area contributed by atoms with E-state index in [1.807, 2.05) is 0 Å². The van der Waals surface area contributed by atoms with Gasteiger partial charge < -0.3 is 24.9 Å². The number of nitrogens with zero attached hydrogens (tertiary/aromatic N) is 1. The average molecular weight is 461 g/mol. The van der Waals surface area contributed by atoms with E-state index in [1.54, 1.807) is 32.4 Å². The van der Waals surface area contributed by atoms with Crippen LogP contribution in [-0.2, 0) is 10.3 Å². The summed E-state index contributed by atoms with van der Waals surface area (Å²) < 4.78 is 11.3. The van der Waals surface area contributed by atoms with Crippen molar-refractivity contribution in [3.8, 4) is 0 Å². The summed E-state index contributed by atoms with van der Waals surface area (Å²) in [5.41, 5.74) is -0.768. The summed E-state index contributed by atoms with van der Waals surface area (Å²) in [6.45, 7) is 2.96. The number of hydrogen-bond acceptors (Lipinski definition) is 4. The fraction of sp³-hybridized carbons (Fsp3) is 0.722. The Balaban J connectivity index is 0.00000182. The van der Waals surface area contributed by atoms with Gasteiger partial charge in [-0.05, 0) is 38.3 Å². The minimum absolute atomic E-state index is 0. The normalized spacial score (nSPS) is 32.0. The Morgan fingerprint density at radius 2 is 2.28 bits per heavy atom. The van der Waals surface area contributed by atoms with Gasteiger partial charge >= 0.3 is 0 Å². The van der Waals surface area contributed by atoms with Crippen LogP contribution in [-0.4, -0.2) is 43.4 Å². The van der Waals surface area contributed by atoms with Crippen molar-refractivity contribution in [1.82, 2.24) is 10.6 Å². The lowest BCUT2D eigenvalue weighted by Crippen LogP contribution is -2.72. The molecule has 3 aliphatic rings. The van der Waals surface area contributed by atoms with E-state index in [2.05, 4.69) is 15.6 Å². The van der Waals surface area contributed by atoms with Crippen LogP contribution in [0.1, 0.15) is 38.4 Å². The number of aliphatic hydroxyl groups is 1. The molecule has 25 heavy (non-hydrogen) atoms. The van der Waals surface area contributed by atoms with Gasteiger partial charge in [0.25, 0.3) is 0 Å². The Hall–Kier alpha value is -0.800. The maximum atomic E-state index is 10.6. The third kappa shape index (κ3) is 3.08. The first-order valence-corrected chi connectivity index (χ1v) is 8.92. The summed E-state index contributed by atoms with van der Waals surface area (Å²) in [6.07, 6.45) is 6.93. The van der Waals surface area contributed by atoms with E-state index in [4.69, 9.17) is 9.15 Å². The monoisotopic (exact) mass is 461 g/mol. The molecule has 1 aromatic rings. The quantitative estimate of drug-likeness (QED) is 0.364. The van der Waals surface area contributed by atoms with Crippen LogP contribution in [0, 0.1) is 11.3 Å². The van der Waals surface area contributed by atoms with E-state index in [-0.39, 0.29) is 24.0 Å². The molecule has 0 bridgehead atoms. The first-order chi connectivity index (χ1) is 11.6. The molecule has 1 aliphatic heterocycles. The van der Waals surface area contributed by atoms with Crippen molar-refractivity contribution < 1.29 is 14.3 Å². The van der Waals surface area contributed by atoms with Crippen molar-refractivity contribution in [3.05, 3.63) is 24.2 Å². The molecule has 1 aromatic heterocycles. The van der Waals surface area contributed by atoms with Crippen molar-refractivity contribution in [2.75, 3.05) is 20.2 Å². The Bertz CT molecular complexity index is 613. The molecule has 3 N–H and O–H groups in total. The minimum Gasteiger partial charge on any atom is -0.466 e. The highest BCUT2D eigenvalue weighted by molar-refractivity contribution is 14.0. The smallest absolute Gasteiger partial charge is 0.191 e. The fourth-order valence-corrected chi connectivity index (χ4v) is 4.73. The summed E-state index contributed by atoms with van der Waals surface area (Å²) in [5.74, 6) is 1.88. The fourth-order valence-electron chi connectivity index (χ4n) is 4.73. The zero-order chi connectivity index (χ0) is 16.8. The number of hydrogen-bond donors (Lipinski definition) is 3. The third-order valence-electron chi connectivity index (χ3n) is 6.20. The Kier molecular flexibility index (Phi) is 5.37. The van der Waals surface area contributed by atoms with E-state index >= 15 is 0 Å². The summed E-state index contributed by atoms with van der Waals surface area (Å²) in [4.78, 5) is 4.34. The van der Waals surface area contributed by atoms with Crippen molar-refractivity contribution in [2.24, 2.45) is 16.3 Å². The molecule has 7 heteroatoms. The molecule has 2 saturated carbocycles. The molecule has 6 nitrogen and oxygen atoms in total. The molecule has 4 rings (SSSR count). The topological polar surface area (TPSA) is 79.0 Å². The molecule has 1 spiro atoms. The number of furan rings is 1. The summed E-state index contributed by atoms with van der Waals surface area (Å²) in [6, 6.07) is 4.00. The summed E-state index contributed by atoms with van der Waals surface area (Å²) in [5, 5.41) is 17.4. The van der Waals surface area contributed by atoms with Crippen LogP contribution in [0.5, 0.6) is 0 Å². The van der Waals surface area contributed by atoms with Crippen LogP contribution in [0.4, 0.5) is 0 Å². The number of guanidine groups is 1. The van der Waals surface area contributed by atoms with Gasteiger partial charge in [0.15, 0.2) is 5.96 Å². The van der Waals surface area contributed by atoms with Gasteiger partial charge in [0.05, 0.1) is 18.9 Å². The molecule has 3 fully saturated rings. The van der Waals surface area contributed by atoms with E-state index in [9.17, 15) is 5.11 Å². The number of fused-ring (bicyclic) bond motifs is 2. The third-order valence-corrected chi connectivity index (χ3v) is 6.20. The highest BCUT2D eigenvalue weighted by Gasteiger charge is 2.66. The van der Waals surface area contributed by atoms with E-state index < -0.39 is 5.60 Å². The second-order valence-electron chi connectivity index (χ2n) is 7.63. The first kappa shape index (κ1) is 19.0.